The van der Waals surface area contributed by atoms with Crippen molar-refractivity contribution in [2.45, 2.75) is 25.1 Å². The summed E-state index contributed by atoms with van der Waals surface area (Å²) in [5.41, 5.74) is 6.48. The number of sulfonamides is 1. The molecule has 1 aromatic carbocycles. The van der Waals surface area contributed by atoms with Crippen molar-refractivity contribution >= 4 is 27.6 Å². The fourth-order valence-electron chi connectivity index (χ4n) is 3.06. The van der Waals surface area contributed by atoms with Crippen molar-refractivity contribution in [1.29, 1.82) is 0 Å². The van der Waals surface area contributed by atoms with Gasteiger partial charge in [0.2, 0.25) is 0 Å². The summed E-state index contributed by atoms with van der Waals surface area (Å²) in [7, 11) is -3.64. The summed E-state index contributed by atoms with van der Waals surface area (Å²) in [5.74, 6) is 0.213. The van der Waals surface area contributed by atoms with Crippen molar-refractivity contribution in [1.82, 2.24) is 10.3 Å². The summed E-state index contributed by atoms with van der Waals surface area (Å²) in [6.07, 6.45) is 1.50. The first-order valence-corrected chi connectivity index (χ1v) is 11.2. The number of pyridine rings is 1. The van der Waals surface area contributed by atoms with Gasteiger partial charge in [-0.1, -0.05) is 12.1 Å². The average Bonchev–Trinajstić information content (AvgIpc) is 2.69. The van der Waals surface area contributed by atoms with Crippen LogP contribution in [0.4, 0.5) is 5.82 Å². The molecule has 1 amide bonds. The molecule has 0 saturated heterocycles. The Balaban J connectivity index is 1.70. The summed E-state index contributed by atoms with van der Waals surface area (Å²) < 4.78 is 33.1. The van der Waals surface area contributed by atoms with Crippen molar-refractivity contribution in [2.24, 2.45) is 10.1 Å². The van der Waals surface area contributed by atoms with Crippen LogP contribution in [0.1, 0.15) is 35.3 Å². The number of benzene rings is 1. The van der Waals surface area contributed by atoms with Gasteiger partial charge >= 0.3 is 0 Å². The second-order valence-corrected chi connectivity index (χ2v) is 9.33. The van der Waals surface area contributed by atoms with Gasteiger partial charge in [0, 0.05) is 18.3 Å². The Kier molecular flexibility index (Phi) is 6.46. The number of nitrogens with zero attached hydrogens (tertiary/aromatic N) is 2. The normalized spacial score (nSPS) is 14.9. The predicted octanol–water partition coefficient (Wildman–Crippen LogP) is 0.622. The van der Waals surface area contributed by atoms with Gasteiger partial charge in [0.25, 0.3) is 15.9 Å². The van der Waals surface area contributed by atoms with Crippen LogP contribution in [0.3, 0.4) is 0 Å². The van der Waals surface area contributed by atoms with Gasteiger partial charge in [-0.05, 0) is 37.6 Å². The number of amides is 1. The smallest absolute Gasteiger partial charge is 0.259 e. The number of carbonyl (C=O) groups excluding carboxylic acids is 1. The molecule has 0 unspecified atom stereocenters. The number of fused-ring (bicyclic) bond motifs is 1. The van der Waals surface area contributed by atoms with Crippen LogP contribution in [0, 0.1) is 0 Å². The quantitative estimate of drug-likeness (QED) is 0.459. The van der Waals surface area contributed by atoms with E-state index in [4.69, 9.17) is 15.6 Å². The number of ether oxygens (including phenoxy) is 1. The molecule has 0 bridgehead atoms. The van der Waals surface area contributed by atoms with Gasteiger partial charge in [-0.3, -0.25) is 4.79 Å². The third-order valence-electron chi connectivity index (χ3n) is 4.42. The molecule has 2 aromatic rings. The van der Waals surface area contributed by atoms with E-state index in [0.717, 1.165) is 0 Å². The number of anilines is 1. The standard InChI is InChI=1S/C20H25N5O5S/c1-20(2,24-19(27)13-6-7-22-16(10-13)23-8-9-26)12-30-15-5-3-4-14-11-31(28,29)25-18(21)17(14)15/h3-7,10,26H,8-9,11-12H2,1-2H3,(H2,21,25)(H,22,23)(H,24,27). The zero-order chi connectivity index (χ0) is 22.6. The Morgan fingerprint density at radius 2 is 2.10 bits per heavy atom. The van der Waals surface area contributed by atoms with Crippen LogP contribution >= 0.6 is 0 Å². The van der Waals surface area contributed by atoms with Crippen LogP contribution < -0.4 is 21.1 Å². The number of aliphatic hydroxyl groups excluding tert-OH is 1. The maximum atomic E-state index is 12.7. The second kappa shape index (κ2) is 8.90. The minimum absolute atomic E-state index is 0.0488. The number of carbonyl (C=O) groups is 1. The van der Waals surface area contributed by atoms with Gasteiger partial charge in [0.1, 0.15) is 24.0 Å². The van der Waals surface area contributed by atoms with Crippen molar-refractivity contribution in [3.63, 3.8) is 0 Å². The molecular weight excluding hydrogens is 422 g/mol. The minimum atomic E-state index is -3.64. The van der Waals surface area contributed by atoms with Gasteiger partial charge in [-0.15, -0.1) is 4.40 Å². The molecule has 166 valence electrons. The van der Waals surface area contributed by atoms with Gasteiger partial charge < -0.3 is 26.2 Å². The van der Waals surface area contributed by atoms with E-state index in [1.165, 1.54) is 6.20 Å². The molecule has 1 aliphatic rings. The molecule has 3 rings (SSSR count). The molecule has 31 heavy (non-hydrogen) atoms. The molecule has 11 heteroatoms. The van der Waals surface area contributed by atoms with Crippen molar-refractivity contribution in [2.75, 3.05) is 25.1 Å². The highest BCUT2D eigenvalue weighted by atomic mass is 32.2. The molecule has 1 aromatic heterocycles. The molecule has 5 N–H and O–H groups in total. The highest BCUT2D eigenvalue weighted by Crippen LogP contribution is 2.28. The molecule has 0 saturated carbocycles. The first-order chi connectivity index (χ1) is 14.6. The highest BCUT2D eigenvalue weighted by molar-refractivity contribution is 7.89. The van der Waals surface area contributed by atoms with Crippen LogP contribution in [0.5, 0.6) is 5.75 Å². The number of hydrogen-bond donors (Lipinski definition) is 4. The van der Waals surface area contributed by atoms with Crippen molar-refractivity contribution < 1.29 is 23.1 Å². The molecule has 1 aliphatic heterocycles. The van der Waals surface area contributed by atoms with Gasteiger partial charge in [0.05, 0.1) is 23.5 Å². The second-order valence-electron chi connectivity index (χ2n) is 7.70. The molecule has 0 fully saturated rings. The van der Waals surface area contributed by atoms with E-state index in [1.807, 2.05) is 0 Å². The van der Waals surface area contributed by atoms with E-state index in [2.05, 4.69) is 20.0 Å². The molecule has 0 aliphatic carbocycles. The van der Waals surface area contributed by atoms with Gasteiger partial charge in [0.15, 0.2) is 0 Å². The Morgan fingerprint density at radius 3 is 2.84 bits per heavy atom. The van der Waals surface area contributed by atoms with Crippen LogP contribution in [0.15, 0.2) is 40.9 Å². The largest absolute Gasteiger partial charge is 0.490 e. The lowest BCUT2D eigenvalue weighted by Crippen LogP contribution is -2.48. The summed E-state index contributed by atoms with van der Waals surface area (Å²) in [4.78, 5) is 16.8. The fraction of sp³-hybridized carbons (Fsp3) is 0.350. The minimum Gasteiger partial charge on any atom is -0.490 e. The van der Waals surface area contributed by atoms with E-state index >= 15 is 0 Å². The van der Waals surface area contributed by atoms with E-state index in [1.54, 1.807) is 44.2 Å². The van der Waals surface area contributed by atoms with E-state index in [-0.39, 0.29) is 30.7 Å². The third-order valence-corrected chi connectivity index (χ3v) is 5.58. The topological polar surface area (TPSA) is 156 Å². The van der Waals surface area contributed by atoms with Gasteiger partial charge in [-0.25, -0.2) is 13.4 Å². The Hall–Kier alpha value is -3.18. The Labute approximate surface area is 180 Å². The van der Waals surface area contributed by atoms with Gasteiger partial charge in [-0.2, -0.15) is 0 Å². The van der Waals surface area contributed by atoms with E-state index < -0.39 is 15.6 Å². The third kappa shape index (κ3) is 5.70. The zero-order valence-electron chi connectivity index (χ0n) is 17.3. The summed E-state index contributed by atoms with van der Waals surface area (Å²) in [5, 5.41) is 14.7. The molecule has 10 nitrogen and oxygen atoms in total. The van der Waals surface area contributed by atoms with Crippen molar-refractivity contribution in [3.05, 3.63) is 53.2 Å². The number of amidine groups is 1. The van der Waals surface area contributed by atoms with Crippen LogP contribution in [-0.2, 0) is 15.8 Å². The number of nitrogens with one attached hydrogen (secondary N) is 2. The number of hydrogen-bond acceptors (Lipinski definition) is 8. The molecule has 0 atom stereocenters. The number of aromatic nitrogens is 1. The number of rotatable bonds is 8. The highest BCUT2D eigenvalue weighted by Gasteiger charge is 2.27. The Bertz CT molecular complexity index is 1110. The number of aliphatic hydroxyl groups is 1. The van der Waals surface area contributed by atoms with E-state index in [9.17, 15) is 13.2 Å². The lowest BCUT2D eigenvalue weighted by Gasteiger charge is -2.27. The SMILES string of the molecule is CC(C)(COc1cccc2c1C(N)=NS(=O)(=O)C2)NC(=O)c1ccnc(NCCO)c1. The Morgan fingerprint density at radius 1 is 1.32 bits per heavy atom. The predicted molar refractivity (Wildman–Crippen MR) is 117 cm³/mol. The van der Waals surface area contributed by atoms with Crippen LogP contribution in [-0.4, -0.2) is 55.5 Å². The molecule has 0 spiro atoms. The molecule has 0 radical (unpaired) electrons. The summed E-state index contributed by atoms with van der Waals surface area (Å²) in [6.45, 7) is 3.98. The van der Waals surface area contributed by atoms with Crippen LogP contribution in [0.2, 0.25) is 0 Å². The van der Waals surface area contributed by atoms with E-state index in [0.29, 0.717) is 34.8 Å². The lowest BCUT2D eigenvalue weighted by atomic mass is 10.0. The summed E-state index contributed by atoms with van der Waals surface area (Å²) >= 11 is 0. The fourth-order valence-corrected chi connectivity index (χ4v) is 4.15. The summed E-state index contributed by atoms with van der Waals surface area (Å²) in [6, 6.07) is 8.21. The maximum absolute atomic E-state index is 12.7. The van der Waals surface area contributed by atoms with Crippen LogP contribution in [0.25, 0.3) is 0 Å². The van der Waals surface area contributed by atoms with Crippen molar-refractivity contribution in [3.8, 4) is 5.75 Å². The first-order valence-electron chi connectivity index (χ1n) is 9.57. The lowest BCUT2D eigenvalue weighted by molar-refractivity contribution is 0.0880. The molecule has 2 heterocycles. The number of nitrogens with two attached hydrogens (primary N) is 1. The molecular formula is C20H25N5O5S. The average molecular weight is 448 g/mol. The first kappa shape index (κ1) is 22.5. The monoisotopic (exact) mass is 447 g/mol. The maximum Gasteiger partial charge on any atom is 0.259 e. The zero-order valence-corrected chi connectivity index (χ0v) is 18.1.